The molecule has 0 amide bonds. The van der Waals surface area contributed by atoms with E-state index in [1.54, 1.807) is 12.1 Å². The Hall–Kier alpha value is -3.86. The Morgan fingerprint density at radius 2 is 1.82 bits per heavy atom. The first-order chi connectivity index (χ1) is 18.5. The number of hydrogen-bond donors (Lipinski definition) is 2. The predicted octanol–water partition coefficient (Wildman–Crippen LogP) is 4.13. The van der Waals surface area contributed by atoms with Crippen LogP contribution in [0.3, 0.4) is 0 Å². The molecule has 3 aliphatic rings. The van der Waals surface area contributed by atoms with E-state index in [-0.39, 0.29) is 17.7 Å². The van der Waals surface area contributed by atoms with E-state index in [2.05, 4.69) is 35.2 Å². The van der Waals surface area contributed by atoms with Crippen LogP contribution in [0, 0.1) is 23.5 Å². The summed E-state index contributed by atoms with van der Waals surface area (Å²) in [5, 5.41) is 7.85. The van der Waals surface area contributed by atoms with Gasteiger partial charge in [0.05, 0.1) is 11.2 Å². The highest BCUT2D eigenvalue weighted by molar-refractivity contribution is 5.85. The van der Waals surface area contributed by atoms with Crippen LogP contribution in [-0.2, 0) is 0 Å². The number of nitrogen functional groups attached to an aromatic ring is 1. The Bertz CT molecular complexity index is 1500. The Morgan fingerprint density at radius 3 is 2.58 bits per heavy atom. The lowest BCUT2D eigenvalue weighted by Gasteiger charge is -2.41. The third-order valence-electron chi connectivity index (χ3n) is 8.44. The summed E-state index contributed by atoms with van der Waals surface area (Å²) in [6.07, 6.45) is 6.90. The summed E-state index contributed by atoms with van der Waals surface area (Å²) < 4.78 is 30.4. The molecule has 0 radical (unpaired) electrons. The number of nitrogens with one attached hydrogen (secondary N) is 1. The van der Waals surface area contributed by atoms with Crippen molar-refractivity contribution in [1.29, 1.82) is 0 Å². The van der Waals surface area contributed by atoms with Crippen LogP contribution in [0.5, 0.6) is 0 Å². The van der Waals surface area contributed by atoms with Crippen LogP contribution in [0.15, 0.2) is 42.7 Å². The van der Waals surface area contributed by atoms with Gasteiger partial charge >= 0.3 is 0 Å². The number of anilines is 4. The summed E-state index contributed by atoms with van der Waals surface area (Å²) in [7, 11) is 0. The van der Waals surface area contributed by atoms with Crippen LogP contribution in [0.2, 0.25) is 0 Å². The molecule has 2 aromatic heterocycles. The van der Waals surface area contributed by atoms with Crippen LogP contribution in [0.1, 0.15) is 25.7 Å². The molecule has 11 heteroatoms. The Kier molecular flexibility index (Phi) is 5.61. The van der Waals surface area contributed by atoms with Crippen molar-refractivity contribution in [3.8, 4) is 5.82 Å². The summed E-state index contributed by atoms with van der Waals surface area (Å²) in [6.45, 7) is 3.62. The minimum absolute atomic E-state index is 0.0576. The van der Waals surface area contributed by atoms with Gasteiger partial charge in [-0.2, -0.15) is 9.67 Å². The van der Waals surface area contributed by atoms with Crippen LogP contribution in [-0.4, -0.2) is 61.9 Å². The topological polar surface area (TPSA) is 101 Å². The van der Waals surface area contributed by atoms with Gasteiger partial charge in [0.1, 0.15) is 18.0 Å². The van der Waals surface area contributed by atoms with E-state index in [0.717, 1.165) is 44.1 Å². The van der Waals surface area contributed by atoms with Gasteiger partial charge in [0.15, 0.2) is 5.82 Å². The highest BCUT2D eigenvalue weighted by atomic mass is 19.1. The molecule has 3 fully saturated rings. The highest BCUT2D eigenvalue weighted by Crippen LogP contribution is 2.46. The first-order valence-electron chi connectivity index (χ1n) is 13.2. The van der Waals surface area contributed by atoms with Crippen LogP contribution in [0.25, 0.3) is 16.7 Å². The molecule has 2 aliphatic carbocycles. The second-order valence-corrected chi connectivity index (χ2v) is 10.6. The van der Waals surface area contributed by atoms with Crippen molar-refractivity contribution in [1.82, 2.24) is 29.6 Å². The molecule has 2 saturated carbocycles. The van der Waals surface area contributed by atoms with Gasteiger partial charge in [0.25, 0.3) is 0 Å². The Labute approximate surface area is 218 Å². The summed E-state index contributed by atoms with van der Waals surface area (Å²) >= 11 is 0. The average molecular weight is 518 g/mol. The van der Waals surface area contributed by atoms with Gasteiger partial charge in [-0.1, -0.05) is 6.42 Å². The van der Waals surface area contributed by atoms with E-state index in [4.69, 9.17) is 5.73 Å². The lowest BCUT2D eigenvalue weighted by molar-refractivity contribution is 0.134. The fourth-order valence-corrected chi connectivity index (χ4v) is 6.64. The molecule has 3 atom stereocenters. The second-order valence-electron chi connectivity index (χ2n) is 10.6. The molecule has 7 rings (SSSR count). The lowest BCUT2D eigenvalue weighted by Crippen LogP contribution is -2.52. The van der Waals surface area contributed by atoms with E-state index in [1.807, 2.05) is 6.07 Å². The Balaban J connectivity index is 1.05. The molecule has 1 saturated heterocycles. The number of aromatic nitrogens is 5. The smallest absolute Gasteiger partial charge is 0.248 e. The average Bonchev–Trinajstić information content (AvgIpc) is 3.65. The number of hydrogen-bond acceptors (Lipinski definition) is 8. The molecule has 2 bridgehead atoms. The van der Waals surface area contributed by atoms with Gasteiger partial charge in [0, 0.05) is 43.3 Å². The standard InChI is InChI=1S/C27H29F2N9/c28-18-3-5-22-20(13-18)25(32-15-31-22)38-26(30)34-27(35-38)33-19-4-6-23(21(29)14-19)36-7-9-37(10-8-36)24-12-16-1-2-17(24)11-16/h3-6,13-17,24H,1-2,7-12H2,(H3,30,33,34,35). The molecule has 3 N–H and O–H groups in total. The van der Waals surface area contributed by atoms with Gasteiger partial charge < -0.3 is 16.0 Å². The molecule has 3 unspecified atom stereocenters. The SMILES string of the molecule is Nc1nc(Nc2ccc(N3CCN(C4CC5CCC4C5)CC3)c(F)c2)nn1-c1ncnc2ccc(F)cc12. The summed E-state index contributed by atoms with van der Waals surface area (Å²) in [6, 6.07) is 10.00. The van der Waals surface area contributed by atoms with E-state index in [0.29, 0.717) is 28.1 Å². The predicted molar refractivity (Wildman–Crippen MR) is 142 cm³/mol. The van der Waals surface area contributed by atoms with Gasteiger partial charge in [-0.05, 0) is 67.5 Å². The number of halogens is 2. The molecule has 0 spiro atoms. The maximum Gasteiger partial charge on any atom is 0.248 e. The van der Waals surface area contributed by atoms with Crippen molar-refractivity contribution in [3.63, 3.8) is 0 Å². The summed E-state index contributed by atoms with van der Waals surface area (Å²) in [4.78, 5) is 17.4. The molecule has 196 valence electrons. The largest absolute Gasteiger partial charge is 0.368 e. The van der Waals surface area contributed by atoms with Crippen LogP contribution >= 0.6 is 0 Å². The number of rotatable bonds is 5. The van der Waals surface area contributed by atoms with Gasteiger partial charge in [0.2, 0.25) is 11.9 Å². The van der Waals surface area contributed by atoms with Crippen molar-refractivity contribution in [2.45, 2.75) is 31.7 Å². The molecule has 2 aromatic carbocycles. The fraction of sp³-hybridized carbons (Fsp3) is 0.407. The Morgan fingerprint density at radius 1 is 0.947 bits per heavy atom. The van der Waals surface area contributed by atoms with Gasteiger partial charge in [-0.15, -0.1) is 5.10 Å². The minimum Gasteiger partial charge on any atom is -0.368 e. The van der Waals surface area contributed by atoms with Gasteiger partial charge in [-0.25, -0.2) is 18.7 Å². The number of nitrogens with zero attached hydrogens (tertiary/aromatic N) is 7. The van der Waals surface area contributed by atoms with E-state index in [9.17, 15) is 4.39 Å². The maximum absolute atomic E-state index is 15.2. The lowest BCUT2D eigenvalue weighted by atomic mass is 9.93. The first kappa shape index (κ1) is 23.3. The van der Waals surface area contributed by atoms with Crippen molar-refractivity contribution >= 4 is 34.2 Å². The molecular weight excluding hydrogens is 488 g/mol. The van der Waals surface area contributed by atoms with Crippen molar-refractivity contribution < 1.29 is 8.78 Å². The van der Waals surface area contributed by atoms with Crippen LogP contribution in [0.4, 0.5) is 32.1 Å². The number of piperazine rings is 1. The van der Waals surface area contributed by atoms with Gasteiger partial charge in [-0.3, -0.25) is 4.90 Å². The van der Waals surface area contributed by atoms with Crippen molar-refractivity contribution in [2.24, 2.45) is 11.8 Å². The monoisotopic (exact) mass is 517 g/mol. The van der Waals surface area contributed by atoms with E-state index >= 15 is 4.39 Å². The molecule has 38 heavy (non-hydrogen) atoms. The molecule has 4 aromatic rings. The quantitative estimate of drug-likeness (QED) is 0.408. The normalized spacial score (nSPS) is 23.4. The van der Waals surface area contributed by atoms with Crippen molar-refractivity contribution in [2.75, 3.05) is 42.1 Å². The van der Waals surface area contributed by atoms with E-state index in [1.165, 1.54) is 54.9 Å². The summed E-state index contributed by atoms with van der Waals surface area (Å²) in [5.41, 5.74) is 7.75. The first-order valence-corrected chi connectivity index (χ1v) is 13.2. The van der Waals surface area contributed by atoms with Crippen molar-refractivity contribution in [3.05, 3.63) is 54.4 Å². The fourth-order valence-electron chi connectivity index (χ4n) is 6.64. The number of nitrogens with two attached hydrogens (primary N) is 1. The number of benzene rings is 2. The third kappa shape index (κ3) is 4.10. The van der Waals surface area contributed by atoms with Crippen LogP contribution < -0.4 is 16.0 Å². The second kappa shape index (κ2) is 9.16. The molecular formula is C27H29F2N9. The highest BCUT2D eigenvalue weighted by Gasteiger charge is 2.42. The molecule has 9 nitrogen and oxygen atoms in total. The zero-order chi connectivity index (χ0) is 25.8. The number of fused-ring (bicyclic) bond motifs is 3. The zero-order valence-electron chi connectivity index (χ0n) is 20.9. The molecule has 3 heterocycles. The molecule has 1 aliphatic heterocycles. The minimum atomic E-state index is -0.423. The van der Waals surface area contributed by atoms with E-state index < -0.39 is 5.82 Å². The zero-order valence-corrected chi connectivity index (χ0v) is 20.9. The third-order valence-corrected chi connectivity index (χ3v) is 8.44. The maximum atomic E-state index is 15.2. The summed E-state index contributed by atoms with van der Waals surface area (Å²) in [5.74, 6) is 1.62.